The lowest BCUT2D eigenvalue weighted by Crippen LogP contribution is -2.20. The predicted molar refractivity (Wildman–Crippen MR) is 81.9 cm³/mol. The summed E-state index contributed by atoms with van der Waals surface area (Å²) in [5, 5.41) is 1.85. The van der Waals surface area contributed by atoms with Crippen molar-refractivity contribution in [1.29, 1.82) is 0 Å². The number of pyridine rings is 2. The second-order valence-corrected chi connectivity index (χ2v) is 5.06. The molecule has 0 aliphatic rings. The lowest BCUT2D eigenvalue weighted by atomic mass is 10.1. The van der Waals surface area contributed by atoms with E-state index in [0.717, 1.165) is 11.7 Å². The van der Waals surface area contributed by atoms with Gasteiger partial charge >= 0.3 is 0 Å². The number of aldehydes is 1. The molecule has 2 heterocycles. The molecular weight excluding hydrogens is 288 g/mol. The molecule has 3 aromatic rings. The summed E-state index contributed by atoms with van der Waals surface area (Å²) in [7, 11) is 0. The molecule has 0 fully saturated rings. The van der Waals surface area contributed by atoms with Gasteiger partial charge in [-0.3, -0.25) is 14.6 Å². The maximum absolute atomic E-state index is 12.4. The van der Waals surface area contributed by atoms with Gasteiger partial charge < -0.3 is 4.57 Å². The van der Waals surface area contributed by atoms with Crippen LogP contribution in [0.3, 0.4) is 0 Å². The molecule has 0 saturated heterocycles. The molecule has 21 heavy (non-hydrogen) atoms. The van der Waals surface area contributed by atoms with Gasteiger partial charge in [-0.2, -0.15) is 0 Å². The summed E-state index contributed by atoms with van der Waals surface area (Å²) in [6.45, 7) is 0.308. The minimum Gasteiger partial charge on any atom is -0.309 e. The third kappa shape index (κ3) is 2.58. The number of aromatic nitrogens is 2. The van der Waals surface area contributed by atoms with Gasteiger partial charge in [0.2, 0.25) is 0 Å². The van der Waals surface area contributed by atoms with Crippen LogP contribution in [-0.4, -0.2) is 15.8 Å². The van der Waals surface area contributed by atoms with Crippen LogP contribution in [0.25, 0.3) is 10.8 Å². The van der Waals surface area contributed by atoms with E-state index in [1.807, 2.05) is 6.07 Å². The summed E-state index contributed by atoms with van der Waals surface area (Å²) in [5.74, 6) is 0. The summed E-state index contributed by atoms with van der Waals surface area (Å²) in [4.78, 5) is 27.4. The highest BCUT2D eigenvalue weighted by Gasteiger charge is 2.06. The van der Waals surface area contributed by atoms with Gasteiger partial charge in [0.1, 0.15) is 6.29 Å². The summed E-state index contributed by atoms with van der Waals surface area (Å²) < 4.78 is 1.55. The molecule has 0 aliphatic heterocycles. The molecule has 5 heteroatoms. The molecule has 0 radical (unpaired) electrons. The lowest BCUT2D eigenvalue weighted by molar-refractivity contribution is 0.112. The maximum atomic E-state index is 12.4. The minimum atomic E-state index is -0.131. The number of hydrogen-bond donors (Lipinski definition) is 0. The van der Waals surface area contributed by atoms with Crippen molar-refractivity contribution in [1.82, 2.24) is 9.55 Å². The molecule has 2 aromatic heterocycles. The van der Waals surface area contributed by atoms with Crippen molar-refractivity contribution >= 4 is 28.7 Å². The number of carbonyl (C=O) groups excluding carboxylic acids is 1. The molecule has 0 bridgehead atoms. The van der Waals surface area contributed by atoms with Gasteiger partial charge in [0.15, 0.2) is 0 Å². The van der Waals surface area contributed by atoms with Crippen LogP contribution in [0.4, 0.5) is 0 Å². The zero-order valence-electron chi connectivity index (χ0n) is 11.0. The second kappa shape index (κ2) is 5.50. The largest absolute Gasteiger partial charge is 0.309 e. The first-order valence-corrected chi connectivity index (χ1v) is 6.74. The number of rotatable bonds is 3. The number of fused-ring (bicyclic) bond motifs is 1. The van der Waals surface area contributed by atoms with Gasteiger partial charge in [-0.1, -0.05) is 17.7 Å². The molecule has 104 valence electrons. The van der Waals surface area contributed by atoms with Crippen LogP contribution >= 0.6 is 11.6 Å². The molecule has 0 N–H and O–H groups in total. The fourth-order valence-electron chi connectivity index (χ4n) is 2.24. The Labute approximate surface area is 125 Å². The van der Waals surface area contributed by atoms with Crippen molar-refractivity contribution in [2.45, 2.75) is 6.54 Å². The Morgan fingerprint density at radius 3 is 2.86 bits per heavy atom. The first-order valence-electron chi connectivity index (χ1n) is 6.37. The van der Waals surface area contributed by atoms with Gasteiger partial charge in [-0.05, 0) is 30.3 Å². The predicted octanol–water partition coefficient (Wildman–Crippen LogP) is 2.91. The van der Waals surface area contributed by atoms with Crippen molar-refractivity contribution in [2.24, 2.45) is 0 Å². The average molecular weight is 299 g/mol. The summed E-state index contributed by atoms with van der Waals surface area (Å²) in [6, 6.07) is 10.4. The third-order valence-corrected chi connectivity index (χ3v) is 3.60. The molecule has 1 aromatic carbocycles. The normalized spacial score (nSPS) is 10.7. The molecule has 0 atom stereocenters. The first kappa shape index (κ1) is 13.5. The van der Waals surface area contributed by atoms with E-state index in [0.29, 0.717) is 28.2 Å². The molecule has 0 spiro atoms. The van der Waals surface area contributed by atoms with E-state index in [4.69, 9.17) is 11.6 Å². The number of halogens is 1. The molecule has 0 aliphatic carbocycles. The smallest absolute Gasteiger partial charge is 0.258 e. The fraction of sp³-hybridized carbons (Fsp3) is 0.0625. The Kier molecular flexibility index (Phi) is 3.54. The highest BCUT2D eigenvalue weighted by molar-refractivity contribution is 6.35. The summed E-state index contributed by atoms with van der Waals surface area (Å²) in [5.41, 5.74) is 1.06. The standard InChI is InChI=1S/C16H11ClN2O2/c17-15-3-1-2-14-13(15)5-7-19(16(14)21)9-12-8-11(10-20)4-6-18-12/h1-8,10H,9H2. The van der Waals surface area contributed by atoms with E-state index in [1.165, 1.54) is 0 Å². The number of benzene rings is 1. The van der Waals surface area contributed by atoms with Gasteiger partial charge in [0, 0.05) is 33.8 Å². The Morgan fingerprint density at radius 1 is 1.19 bits per heavy atom. The SMILES string of the molecule is O=Cc1ccnc(Cn2ccc3c(Cl)cccc3c2=O)c1. The van der Waals surface area contributed by atoms with Crippen molar-refractivity contribution in [3.63, 3.8) is 0 Å². The van der Waals surface area contributed by atoms with Crippen LogP contribution in [0.1, 0.15) is 16.1 Å². The Balaban J connectivity index is 2.07. The summed E-state index contributed by atoms with van der Waals surface area (Å²) in [6.07, 6.45) is 4.00. The first-order chi connectivity index (χ1) is 10.2. The Bertz CT molecular complexity index is 887. The average Bonchev–Trinajstić information content (AvgIpc) is 2.51. The van der Waals surface area contributed by atoms with Gasteiger partial charge in [0.05, 0.1) is 12.2 Å². The van der Waals surface area contributed by atoms with Crippen molar-refractivity contribution in [3.8, 4) is 0 Å². The van der Waals surface area contributed by atoms with Gasteiger partial charge in [-0.15, -0.1) is 0 Å². The summed E-state index contributed by atoms with van der Waals surface area (Å²) >= 11 is 6.08. The van der Waals surface area contributed by atoms with Crippen LogP contribution in [0.15, 0.2) is 53.6 Å². The van der Waals surface area contributed by atoms with Gasteiger partial charge in [-0.25, -0.2) is 0 Å². The maximum Gasteiger partial charge on any atom is 0.258 e. The zero-order valence-corrected chi connectivity index (χ0v) is 11.7. The number of carbonyl (C=O) groups is 1. The zero-order chi connectivity index (χ0) is 14.8. The van der Waals surface area contributed by atoms with Crippen LogP contribution in [-0.2, 0) is 6.54 Å². The van der Waals surface area contributed by atoms with Crippen molar-refractivity contribution < 1.29 is 4.79 Å². The Hall–Kier alpha value is -2.46. The monoisotopic (exact) mass is 298 g/mol. The van der Waals surface area contributed by atoms with E-state index in [9.17, 15) is 9.59 Å². The van der Waals surface area contributed by atoms with E-state index < -0.39 is 0 Å². The molecule has 4 nitrogen and oxygen atoms in total. The highest BCUT2D eigenvalue weighted by atomic mass is 35.5. The molecule has 0 unspecified atom stereocenters. The minimum absolute atomic E-state index is 0.131. The number of hydrogen-bond acceptors (Lipinski definition) is 3. The van der Waals surface area contributed by atoms with E-state index in [2.05, 4.69) is 4.98 Å². The van der Waals surface area contributed by atoms with E-state index in [-0.39, 0.29) is 5.56 Å². The molecule has 0 saturated carbocycles. The van der Waals surface area contributed by atoms with Crippen LogP contribution in [0, 0.1) is 0 Å². The van der Waals surface area contributed by atoms with Gasteiger partial charge in [0.25, 0.3) is 5.56 Å². The third-order valence-electron chi connectivity index (χ3n) is 3.27. The topological polar surface area (TPSA) is 52.0 Å². The van der Waals surface area contributed by atoms with Crippen molar-refractivity contribution in [3.05, 3.63) is 75.4 Å². The molecule has 0 amide bonds. The molecule has 3 rings (SSSR count). The van der Waals surface area contributed by atoms with E-state index >= 15 is 0 Å². The highest BCUT2D eigenvalue weighted by Crippen LogP contribution is 2.20. The van der Waals surface area contributed by atoms with Crippen LogP contribution < -0.4 is 5.56 Å². The molecular formula is C16H11ClN2O2. The fourth-order valence-corrected chi connectivity index (χ4v) is 2.47. The van der Waals surface area contributed by atoms with Crippen molar-refractivity contribution in [2.75, 3.05) is 0 Å². The number of nitrogens with zero attached hydrogens (tertiary/aromatic N) is 2. The van der Waals surface area contributed by atoms with Crippen LogP contribution in [0.5, 0.6) is 0 Å². The van der Waals surface area contributed by atoms with E-state index in [1.54, 1.807) is 47.3 Å². The second-order valence-electron chi connectivity index (χ2n) is 4.65. The van der Waals surface area contributed by atoms with Crippen LogP contribution in [0.2, 0.25) is 5.02 Å². The quantitative estimate of drug-likeness (QED) is 0.699. The Morgan fingerprint density at radius 2 is 2.05 bits per heavy atom. The lowest BCUT2D eigenvalue weighted by Gasteiger charge is -2.08.